The maximum absolute atomic E-state index is 14.1. The van der Waals surface area contributed by atoms with E-state index in [-0.39, 0.29) is 72.5 Å². The van der Waals surface area contributed by atoms with Gasteiger partial charge >= 0.3 is 12.4 Å². The molecule has 0 bridgehead atoms. The summed E-state index contributed by atoms with van der Waals surface area (Å²) in [6.07, 6.45) is -1.51. The van der Waals surface area contributed by atoms with E-state index in [9.17, 15) is 35.9 Å². The van der Waals surface area contributed by atoms with Crippen molar-refractivity contribution in [1.29, 1.82) is 0 Å². The zero-order valence-electron chi connectivity index (χ0n) is 30.0. The first-order chi connectivity index (χ1) is 27.8. The van der Waals surface area contributed by atoms with E-state index in [0.717, 1.165) is 0 Å². The number of carbonyl (C=O) groups is 2. The molecule has 2 N–H and O–H groups in total. The number of imidazole rings is 1. The summed E-state index contributed by atoms with van der Waals surface area (Å²) in [5.41, 5.74) is 1.49. The summed E-state index contributed by atoms with van der Waals surface area (Å²) >= 11 is 0. The maximum Gasteiger partial charge on any atom is 0.408 e. The van der Waals surface area contributed by atoms with Gasteiger partial charge in [-0.1, -0.05) is 0 Å². The smallest absolute Gasteiger partial charge is 0.344 e. The highest BCUT2D eigenvalue weighted by molar-refractivity contribution is 6.08. The second-order valence-corrected chi connectivity index (χ2v) is 13.9. The lowest BCUT2D eigenvalue weighted by Crippen LogP contribution is -2.41. The van der Waals surface area contributed by atoms with Crippen molar-refractivity contribution in [3.63, 3.8) is 0 Å². The molecular formula is C36H30F6N14O2. The second-order valence-electron chi connectivity index (χ2n) is 13.9. The van der Waals surface area contributed by atoms with Crippen LogP contribution in [-0.4, -0.2) is 98.3 Å². The van der Waals surface area contributed by atoms with Gasteiger partial charge in [0.05, 0.1) is 30.1 Å². The van der Waals surface area contributed by atoms with Crippen LogP contribution in [0.5, 0.6) is 0 Å². The summed E-state index contributed by atoms with van der Waals surface area (Å²) in [7, 11) is 0. The number of nitrogens with zero attached hydrogens (tertiary/aromatic N) is 12. The molecule has 0 saturated carbocycles. The number of anilines is 4. The summed E-state index contributed by atoms with van der Waals surface area (Å²) in [4.78, 5) is 45.7. The van der Waals surface area contributed by atoms with Gasteiger partial charge in [0.25, 0.3) is 11.8 Å². The minimum absolute atomic E-state index is 0.00202. The minimum Gasteiger partial charge on any atom is -0.344 e. The predicted octanol–water partition coefficient (Wildman–Crippen LogP) is 5.53. The van der Waals surface area contributed by atoms with E-state index >= 15 is 0 Å². The third kappa shape index (κ3) is 6.83. The molecule has 2 atom stereocenters. The molecule has 7 aromatic rings. The molecule has 1 aromatic carbocycles. The van der Waals surface area contributed by atoms with Crippen LogP contribution in [0.2, 0.25) is 0 Å². The molecule has 2 saturated heterocycles. The quantitative estimate of drug-likeness (QED) is 0.186. The first kappa shape index (κ1) is 36.7. The van der Waals surface area contributed by atoms with Crippen molar-refractivity contribution in [2.24, 2.45) is 0 Å². The zero-order valence-corrected chi connectivity index (χ0v) is 30.0. The Morgan fingerprint density at radius 1 is 0.793 bits per heavy atom. The Morgan fingerprint density at radius 3 is 2.28 bits per heavy atom. The zero-order chi connectivity index (χ0) is 40.3. The number of hydrogen-bond donors (Lipinski definition) is 2. The molecule has 2 aliphatic heterocycles. The summed E-state index contributed by atoms with van der Waals surface area (Å²) in [6, 6.07) is 7.44. The van der Waals surface area contributed by atoms with Crippen LogP contribution < -0.4 is 20.4 Å². The van der Waals surface area contributed by atoms with Gasteiger partial charge in [-0.25, -0.2) is 29.0 Å². The molecule has 9 rings (SSSR count). The highest BCUT2D eigenvalue weighted by atomic mass is 19.4. The maximum atomic E-state index is 14.1. The lowest BCUT2D eigenvalue weighted by Gasteiger charge is -2.28. The molecule has 22 heteroatoms. The lowest BCUT2D eigenvalue weighted by atomic mass is 10.2. The Hall–Kier alpha value is -6.87. The van der Waals surface area contributed by atoms with Gasteiger partial charge < -0.3 is 20.4 Å². The molecular weight excluding hydrogens is 774 g/mol. The number of alkyl halides is 6. The number of rotatable bonds is 8. The van der Waals surface area contributed by atoms with E-state index in [4.69, 9.17) is 0 Å². The largest absolute Gasteiger partial charge is 0.408 e. The number of aromatic nitrogens is 10. The average Bonchev–Trinajstić information content (AvgIpc) is 4.03. The Labute approximate surface area is 322 Å². The molecule has 2 aliphatic rings. The molecule has 8 heterocycles. The van der Waals surface area contributed by atoms with Crippen molar-refractivity contribution in [2.45, 2.75) is 56.7 Å². The molecule has 2 amide bonds. The molecule has 0 spiro atoms. The molecule has 2 fully saturated rings. The number of halogens is 6. The lowest BCUT2D eigenvalue weighted by molar-refractivity contribution is -0.146. The Bertz CT molecular complexity index is 2690. The molecule has 1 unspecified atom stereocenters. The first-order valence-corrected chi connectivity index (χ1v) is 18.1. The number of amides is 2. The number of benzene rings is 1. The third-order valence-corrected chi connectivity index (χ3v) is 10.2. The van der Waals surface area contributed by atoms with Crippen molar-refractivity contribution in [1.82, 2.24) is 48.9 Å². The van der Waals surface area contributed by atoms with E-state index in [2.05, 4.69) is 45.9 Å². The molecule has 58 heavy (non-hydrogen) atoms. The number of carbonyl (C=O) groups excluding carboxylic acids is 2. The fraction of sp³-hybridized carbons (Fsp3) is 0.306. The fourth-order valence-corrected chi connectivity index (χ4v) is 7.50. The van der Waals surface area contributed by atoms with Crippen molar-refractivity contribution in [3.8, 4) is 0 Å². The normalized spacial score (nSPS) is 17.6. The van der Waals surface area contributed by atoms with Crippen molar-refractivity contribution >= 4 is 57.2 Å². The number of nitrogens with one attached hydrogen (secondary N) is 2. The Kier molecular flexibility index (Phi) is 8.84. The summed E-state index contributed by atoms with van der Waals surface area (Å²) in [5, 5.41) is 19.4. The van der Waals surface area contributed by atoms with Crippen LogP contribution in [0.4, 0.5) is 49.5 Å². The van der Waals surface area contributed by atoms with Gasteiger partial charge in [0, 0.05) is 42.6 Å². The van der Waals surface area contributed by atoms with E-state index < -0.39 is 36.3 Å². The number of hydrogen-bond acceptors (Lipinski definition) is 11. The van der Waals surface area contributed by atoms with Gasteiger partial charge in [-0.15, -0.1) is 5.10 Å². The SMILES string of the molecule is O=C(Nc1ccncn1)c1cnn2c(Cn3cc4ccc(NC(=O)c5cnc6ccc(N7CCCC7C(F)(F)F)nn56)cc4n3)cc(N3CCC[C@@H]3C(F)(F)F)nc12. The monoisotopic (exact) mass is 804 g/mol. The van der Waals surface area contributed by atoms with Crippen LogP contribution in [-0.2, 0) is 6.54 Å². The molecule has 6 aromatic heterocycles. The summed E-state index contributed by atoms with van der Waals surface area (Å²) < 4.78 is 87.5. The molecule has 0 radical (unpaired) electrons. The fourth-order valence-electron chi connectivity index (χ4n) is 7.50. The van der Waals surface area contributed by atoms with Gasteiger partial charge in [-0.2, -0.15) is 36.5 Å². The standard InChI is InChI=1S/C36H30F6N14O2/c37-35(38,39)26-3-1-11-53(26)30-8-7-29-44-16-25(56(29)51-30)34(58)47-21-6-5-20-17-52(50-24(20)13-21)18-22-14-31(54-12-2-4-27(54)36(40,41)42)49-32-23(15-46-55(22)32)33(57)48-28-9-10-43-19-45-28/h5-10,13-17,19,26-27H,1-4,11-12,18H2,(H,47,58)(H,43,45,48,57)/t26?,27-/m1/s1. The van der Waals surface area contributed by atoms with Crippen LogP contribution in [0, 0.1) is 0 Å². The van der Waals surface area contributed by atoms with Gasteiger partial charge in [0.1, 0.15) is 41.4 Å². The van der Waals surface area contributed by atoms with Crippen LogP contribution in [0.25, 0.3) is 22.2 Å². The van der Waals surface area contributed by atoms with E-state index in [0.29, 0.717) is 35.1 Å². The first-order valence-electron chi connectivity index (χ1n) is 18.1. The van der Waals surface area contributed by atoms with Crippen LogP contribution in [0.1, 0.15) is 52.2 Å². The Morgan fingerprint density at radius 2 is 1.55 bits per heavy atom. The predicted molar refractivity (Wildman–Crippen MR) is 196 cm³/mol. The summed E-state index contributed by atoms with van der Waals surface area (Å²) in [6.45, 7) is 0.275. The summed E-state index contributed by atoms with van der Waals surface area (Å²) in [5.74, 6) is -0.943. The van der Waals surface area contributed by atoms with Gasteiger partial charge in [0.15, 0.2) is 17.0 Å². The van der Waals surface area contributed by atoms with Crippen molar-refractivity contribution in [2.75, 3.05) is 33.5 Å². The van der Waals surface area contributed by atoms with Gasteiger partial charge in [-0.3, -0.25) is 14.3 Å². The van der Waals surface area contributed by atoms with Crippen molar-refractivity contribution < 1.29 is 35.9 Å². The van der Waals surface area contributed by atoms with Gasteiger partial charge in [0.2, 0.25) is 0 Å². The van der Waals surface area contributed by atoms with Crippen LogP contribution in [0.3, 0.4) is 0 Å². The topological polar surface area (TPSA) is 169 Å². The minimum atomic E-state index is -4.51. The third-order valence-electron chi connectivity index (χ3n) is 10.2. The van der Waals surface area contributed by atoms with Crippen LogP contribution in [0.15, 0.2) is 73.6 Å². The van der Waals surface area contributed by atoms with E-state index in [1.54, 1.807) is 29.1 Å². The van der Waals surface area contributed by atoms with Crippen LogP contribution >= 0.6 is 0 Å². The van der Waals surface area contributed by atoms with E-state index in [1.165, 1.54) is 68.0 Å². The van der Waals surface area contributed by atoms with E-state index in [1.807, 2.05) is 0 Å². The van der Waals surface area contributed by atoms with Gasteiger partial charge in [-0.05, 0) is 62.1 Å². The second kappa shape index (κ2) is 14.0. The van der Waals surface area contributed by atoms with Crippen molar-refractivity contribution in [3.05, 3.63) is 90.5 Å². The molecule has 0 aliphatic carbocycles. The number of fused-ring (bicyclic) bond motifs is 3. The highest BCUT2D eigenvalue weighted by Gasteiger charge is 2.47. The molecule has 298 valence electrons. The Balaban J connectivity index is 0.996. The molecule has 16 nitrogen and oxygen atoms in total. The average molecular weight is 805 g/mol. The highest BCUT2D eigenvalue weighted by Crippen LogP contribution is 2.37.